The molecule has 2 aromatic heterocycles. The lowest BCUT2D eigenvalue weighted by Gasteiger charge is -2.09. The molecule has 0 aliphatic heterocycles. The Hall–Kier alpha value is -3.46. The van der Waals surface area contributed by atoms with Crippen molar-refractivity contribution < 1.29 is 4.79 Å². The zero-order valence-electron chi connectivity index (χ0n) is 18.1. The Morgan fingerprint density at radius 3 is 2.56 bits per heavy atom. The average Bonchev–Trinajstić information content (AvgIpc) is 3.47. The van der Waals surface area contributed by atoms with Gasteiger partial charge in [0.15, 0.2) is 11.0 Å². The van der Waals surface area contributed by atoms with Crippen molar-refractivity contribution in [2.24, 2.45) is 0 Å². The lowest BCUT2D eigenvalue weighted by molar-refractivity contribution is -0.118. The topological polar surface area (TPSA) is 90.5 Å². The number of amides is 1. The van der Waals surface area contributed by atoms with Gasteiger partial charge in [0.25, 0.3) is 0 Å². The molecule has 0 fully saturated rings. The second-order valence-corrected chi connectivity index (χ2v) is 8.28. The quantitative estimate of drug-likeness (QED) is 0.396. The monoisotopic (exact) mass is 447 g/mol. The molecule has 1 amide bonds. The van der Waals surface area contributed by atoms with Crippen molar-refractivity contribution in [2.75, 3.05) is 5.75 Å². The molecule has 0 unspecified atom stereocenters. The van der Waals surface area contributed by atoms with E-state index in [1.165, 1.54) is 18.1 Å². The smallest absolute Gasteiger partial charge is 0.230 e. The Morgan fingerprint density at radius 2 is 1.84 bits per heavy atom. The van der Waals surface area contributed by atoms with Gasteiger partial charge in [0.05, 0.1) is 12.3 Å². The van der Waals surface area contributed by atoms with Gasteiger partial charge in [-0.3, -0.25) is 4.79 Å². The van der Waals surface area contributed by atoms with E-state index in [2.05, 4.69) is 45.5 Å². The number of aryl methyl sites for hydroxylation is 1. The minimum Gasteiger partial charge on any atom is -0.351 e. The number of nitrogens with one attached hydrogen (secondary N) is 1. The summed E-state index contributed by atoms with van der Waals surface area (Å²) < 4.78 is 3.82. The fraction of sp³-hybridized carbons (Fsp3) is 0.261. The Labute approximate surface area is 191 Å². The molecule has 0 saturated heterocycles. The van der Waals surface area contributed by atoms with Gasteiger partial charge >= 0.3 is 0 Å². The summed E-state index contributed by atoms with van der Waals surface area (Å²) in [5.41, 5.74) is 4.38. The second-order valence-electron chi connectivity index (χ2n) is 7.34. The predicted molar refractivity (Wildman–Crippen MR) is 124 cm³/mol. The summed E-state index contributed by atoms with van der Waals surface area (Å²) in [6.07, 6.45) is 3.21. The third-order valence-corrected chi connectivity index (χ3v) is 6.04. The van der Waals surface area contributed by atoms with Crippen LogP contribution in [0.5, 0.6) is 0 Å². The number of rotatable bonds is 9. The molecule has 1 N–H and O–H groups in total. The maximum atomic E-state index is 12.4. The number of benzene rings is 2. The van der Waals surface area contributed by atoms with E-state index >= 15 is 0 Å². The van der Waals surface area contributed by atoms with Crippen LogP contribution in [0.2, 0.25) is 0 Å². The van der Waals surface area contributed by atoms with Gasteiger partial charge in [-0.1, -0.05) is 60.3 Å². The SMILES string of the molecule is CCn1c(SCC(=O)NCc2ccc(Cn3cncn3)cc2)nnc1-c1ccccc1C. The van der Waals surface area contributed by atoms with Crippen molar-refractivity contribution in [3.05, 3.63) is 77.9 Å². The van der Waals surface area contributed by atoms with Crippen LogP contribution in [-0.4, -0.2) is 41.2 Å². The predicted octanol–water partition coefficient (Wildman–Crippen LogP) is 3.32. The summed E-state index contributed by atoms with van der Waals surface area (Å²) >= 11 is 1.40. The van der Waals surface area contributed by atoms with E-state index in [0.29, 0.717) is 13.1 Å². The normalized spacial score (nSPS) is 10.9. The maximum Gasteiger partial charge on any atom is 0.230 e. The van der Waals surface area contributed by atoms with Crippen molar-refractivity contribution in [3.8, 4) is 11.4 Å². The van der Waals surface area contributed by atoms with Crippen molar-refractivity contribution in [1.29, 1.82) is 0 Å². The van der Waals surface area contributed by atoms with E-state index in [4.69, 9.17) is 0 Å². The summed E-state index contributed by atoms with van der Waals surface area (Å²) in [4.78, 5) is 16.3. The first-order valence-corrected chi connectivity index (χ1v) is 11.4. The Kier molecular flexibility index (Phi) is 6.96. The zero-order valence-corrected chi connectivity index (χ0v) is 18.9. The minimum absolute atomic E-state index is 0.0372. The van der Waals surface area contributed by atoms with Gasteiger partial charge in [0, 0.05) is 18.7 Å². The van der Waals surface area contributed by atoms with Crippen LogP contribution in [-0.2, 0) is 24.4 Å². The van der Waals surface area contributed by atoms with Crippen LogP contribution in [0.4, 0.5) is 0 Å². The number of aromatic nitrogens is 6. The molecule has 4 rings (SSSR count). The van der Waals surface area contributed by atoms with E-state index in [1.54, 1.807) is 11.0 Å². The van der Waals surface area contributed by atoms with Crippen molar-refractivity contribution in [1.82, 2.24) is 34.8 Å². The van der Waals surface area contributed by atoms with E-state index in [-0.39, 0.29) is 11.7 Å². The summed E-state index contributed by atoms with van der Waals surface area (Å²) in [5.74, 6) is 1.08. The number of thioether (sulfide) groups is 1. The molecule has 2 heterocycles. The molecule has 0 radical (unpaired) electrons. The highest BCUT2D eigenvalue weighted by Crippen LogP contribution is 2.26. The maximum absolute atomic E-state index is 12.4. The lowest BCUT2D eigenvalue weighted by atomic mass is 10.1. The number of nitrogens with zero attached hydrogens (tertiary/aromatic N) is 6. The molecule has 9 heteroatoms. The highest BCUT2D eigenvalue weighted by atomic mass is 32.2. The zero-order chi connectivity index (χ0) is 22.3. The summed E-state index contributed by atoms with van der Waals surface area (Å²) in [5, 5.41) is 16.5. The molecule has 4 aromatic rings. The van der Waals surface area contributed by atoms with E-state index in [9.17, 15) is 4.79 Å². The van der Waals surface area contributed by atoms with E-state index in [0.717, 1.165) is 39.8 Å². The first kappa shape index (κ1) is 21.8. The third kappa shape index (κ3) is 5.23. The molecule has 0 aliphatic carbocycles. The molecule has 2 aromatic carbocycles. The number of carbonyl (C=O) groups excluding carboxylic acids is 1. The first-order valence-electron chi connectivity index (χ1n) is 10.4. The number of carbonyl (C=O) groups is 1. The van der Waals surface area contributed by atoms with Crippen LogP contribution >= 0.6 is 11.8 Å². The standard InChI is InChI=1S/C23H25N7OS/c1-3-30-22(20-7-5-4-6-17(20)2)27-28-23(30)32-14-21(31)25-12-18-8-10-19(11-9-18)13-29-16-24-15-26-29/h4-11,15-16H,3,12-14H2,1-2H3,(H,25,31). The summed E-state index contributed by atoms with van der Waals surface area (Å²) in [6.45, 7) is 6.01. The summed E-state index contributed by atoms with van der Waals surface area (Å²) in [6, 6.07) is 16.2. The Bertz CT molecular complexity index is 1170. The van der Waals surface area contributed by atoms with Crippen LogP contribution < -0.4 is 5.32 Å². The van der Waals surface area contributed by atoms with Crippen LogP contribution in [0.3, 0.4) is 0 Å². The van der Waals surface area contributed by atoms with E-state index in [1.807, 2.05) is 47.0 Å². The molecule has 0 saturated carbocycles. The van der Waals surface area contributed by atoms with Gasteiger partial charge in [-0.05, 0) is 30.5 Å². The van der Waals surface area contributed by atoms with Gasteiger partial charge in [-0.25, -0.2) is 9.67 Å². The fourth-order valence-electron chi connectivity index (χ4n) is 3.35. The first-order chi connectivity index (χ1) is 15.6. The fourth-order valence-corrected chi connectivity index (χ4v) is 4.18. The summed E-state index contributed by atoms with van der Waals surface area (Å²) in [7, 11) is 0. The second kappa shape index (κ2) is 10.2. The largest absolute Gasteiger partial charge is 0.351 e. The minimum atomic E-state index is -0.0372. The Morgan fingerprint density at radius 1 is 1.06 bits per heavy atom. The van der Waals surface area contributed by atoms with Gasteiger partial charge < -0.3 is 9.88 Å². The average molecular weight is 448 g/mol. The van der Waals surface area contributed by atoms with Crippen LogP contribution in [0.15, 0.2) is 66.3 Å². The highest BCUT2D eigenvalue weighted by Gasteiger charge is 2.15. The number of hydrogen-bond acceptors (Lipinski definition) is 6. The molecule has 164 valence electrons. The molecule has 0 atom stereocenters. The highest BCUT2D eigenvalue weighted by molar-refractivity contribution is 7.99. The van der Waals surface area contributed by atoms with Gasteiger partial charge in [0.1, 0.15) is 12.7 Å². The molecule has 8 nitrogen and oxygen atoms in total. The molecule has 0 aliphatic rings. The molecular formula is C23H25N7OS. The van der Waals surface area contributed by atoms with Crippen molar-refractivity contribution >= 4 is 17.7 Å². The van der Waals surface area contributed by atoms with Gasteiger partial charge in [0.2, 0.25) is 5.91 Å². The van der Waals surface area contributed by atoms with Crippen LogP contribution in [0.25, 0.3) is 11.4 Å². The lowest BCUT2D eigenvalue weighted by Crippen LogP contribution is -2.24. The van der Waals surface area contributed by atoms with Crippen LogP contribution in [0.1, 0.15) is 23.6 Å². The third-order valence-electron chi connectivity index (χ3n) is 5.08. The number of hydrogen-bond donors (Lipinski definition) is 1. The Balaban J connectivity index is 1.30. The molecule has 0 spiro atoms. The van der Waals surface area contributed by atoms with Gasteiger partial charge in [-0.15, -0.1) is 10.2 Å². The van der Waals surface area contributed by atoms with Crippen molar-refractivity contribution in [2.45, 2.75) is 38.6 Å². The van der Waals surface area contributed by atoms with Crippen molar-refractivity contribution in [3.63, 3.8) is 0 Å². The molecule has 32 heavy (non-hydrogen) atoms. The van der Waals surface area contributed by atoms with Crippen LogP contribution in [0, 0.1) is 6.92 Å². The van der Waals surface area contributed by atoms with Gasteiger partial charge in [-0.2, -0.15) is 5.10 Å². The van der Waals surface area contributed by atoms with E-state index < -0.39 is 0 Å². The molecule has 0 bridgehead atoms. The molecular weight excluding hydrogens is 422 g/mol.